The summed E-state index contributed by atoms with van der Waals surface area (Å²) in [6, 6.07) is 7.25. The zero-order valence-electron chi connectivity index (χ0n) is 11.2. The fraction of sp³-hybridized carbons (Fsp3) is 0.267. The first-order chi connectivity index (χ1) is 9.40. The van der Waals surface area contributed by atoms with E-state index in [-0.39, 0.29) is 5.78 Å². The number of ketones is 2. The van der Waals surface area contributed by atoms with Gasteiger partial charge in [-0.1, -0.05) is 31.5 Å². The monoisotopic (exact) mass is 288 g/mol. The molecule has 0 radical (unpaired) electrons. The first-order valence-corrected chi connectivity index (χ1v) is 6.70. The van der Waals surface area contributed by atoms with Crippen molar-refractivity contribution < 1.29 is 9.59 Å². The van der Waals surface area contributed by atoms with Crippen LogP contribution in [0.4, 0.5) is 0 Å². The van der Waals surface area contributed by atoms with Crippen molar-refractivity contribution in [2.75, 3.05) is 0 Å². The SMILES string of the molecule is CC1(C)Cc2c(cnn2-c2cccc(Cl)c2)C(=O)C1=O. The molecule has 102 valence electrons. The van der Waals surface area contributed by atoms with Crippen molar-refractivity contribution in [3.05, 3.63) is 46.7 Å². The van der Waals surface area contributed by atoms with E-state index in [0.29, 0.717) is 17.0 Å². The van der Waals surface area contributed by atoms with Crippen LogP contribution in [-0.2, 0) is 11.2 Å². The summed E-state index contributed by atoms with van der Waals surface area (Å²) in [6.45, 7) is 3.57. The van der Waals surface area contributed by atoms with E-state index in [2.05, 4.69) is 5.10 Å². The van der Waals surface area contributed by atoms with Crippen LogP contribution in [0.2, 0.25) is 5.02 Å². The molecular formula is C15H13ClN2O2. The molecule has 0 N–H and O–H groups in total. The van der Waals surface area contributed by atoms with E-state index < -0.39 is 11.2 Å². The minimum absolute atomic E-state index is 0.351. The number of benzene rings is 1. The molecule has 0 saturated heterocycles. The van der Waals surface area contributed by atoms with E-state index in [1.807, 2.05) is 12.1 Å². The normalized spacial score (nSPS) is 17.1. The smallest absolute Gasteiger partial charge is 0.232 e. The molecule has 1 aromatic carbocycles. The molecule has 1 aliphatic carbocycles. The third-order valence-corrected chi connectivity index (χ3v) is 3.83. The molecule has 5 heteroatoms. The Morgan fingerprint density at radius 2 is 2.05 bits per heavy atom. The summed E-state index contributed by atoms with van der Waals surface area (Å²) in [5.41, 5.74) is 1.26. The number of hydrogen-bond donors (Lipinski definition) is 0. The average Bonchev–Trinajstić information content (AvgIpc) is 2.79. The number of aromatic nitrogens is 2. The van der Waals surface area contributed by atoms with Crippen LogP contribution >= 0.6 is 11.6 Å². The molecule has 1 aliphatic rings. The zero-order valence-corrected chi connectivity index (χ0v) is 11.9. The van der Waals surface area contributed by atoms with E-state index >= 15 is 0 Å². The first-order valence-electron chi connectivity index (χ1n) is 6.32. The molecule has 20 heavy (non-hydrogen) atoms. The highest BCUT2D eigenvalue weighted by Crippen LogP contribution is 2.33. The molecule has 4 nitrogen and oxygen atoms in total. The van der Waals surface area contributed by atoms with Crippen LogP contribution in [0.5, 0.6) is 0 Å². The number of rotatable bonds is 1. The summed E-state index contributed by atoms with van der Waals surface area (Å²) < 4.78 is 1.69. The number of carbonyl (C=O) groups is 2. The molecule has 0 atom stereocenters. The van der Waals surface area contributed by atoms with Gasteiger partial charge >= 0.3 is 0 Å². The molecule has 0 saturated carbocycles. The first kappa shape index (κ1) is 13.1. The quantitative estimate of drug-likeness (QED) is 0.758. The predicted molar refractivity (Wildman–Crippen MR) is 75.4 cm³/mol. The number of nitrogens with zero attached hydrogens (tertiary/aromatic N) is 2. The average molecular weight is 289 g/mol. The lowest BCUT2D eigenvalue weighted by molar-refractivity contribution is -0.123. The van der Waals surface area contributed by atoms with Crippen molar-refractivity contribution in [1.29, 1.82) is 0 Å². The zero-order chi connectivity index (χ0) is 14.5. The van der Waals surface area contributed by atoms with Gasteiger partial charge in [-0.2, -0.15) is 5.10 Å². The van der Waals surface area contributed by atoms with E-state index in [1.54, 1.807) is 30.7 Å². The summed E-state index contributed by atoms with van der Waals surface area (Å²) in [5.74, 6) is -0.805. The topological polar surface area (TPSA) is 52.0 Å². The van der Waals surface area contributed by atoms with Crippen LogP contribution in [0.3, 0.4) is 0 Å². The van der Waals surface area contributed by atoms with Gasteiger partial charge in [-0.05, 0) is 18.2 Å². The number of halogens is 1. The lowest BCUT2D eigenvalue weighted by Gasteiger charge is -2.27. The molecule has 2 aromatic rings. The van der Waals surface area contributed by atoms with Gasteiger partial charge in [0.05, 0.1) is 23.1 Å². The van der Waals surface area contributed by atoms with Gasteiger partial charge in [0.15, 0.2) is 0 Å². The van der Waals surface area contributed by atoms with Crippen LogP contribution in [0.1, 0.15) is 29.9 Å². The maximum absolute atomic E-state index is 12.1. The second kappa shape index (κ2) is 4.28. The van der Waals surface area contributed by atoms with E-state index in [9.17, 15) is 9.59 Å². The molecule has 0 fully saturated rings. The van der Waals surface area contributed by atoms with Crippen LogP contribution in [0.15, 0.2) is 30.5 Å². The molecule has 3 rings (SSSR count). The number of Topliss-reactive ketones (excluding diaryl/α,β-unsaturated/α-hetero) is 2. The summed E-state index contributed by atoms with van der Waals surface area (Å²) >= 11 is 5.99. The third kappa shape index (κ3) is 1.88. The van der Waals surface area contributed by atoms with Crippen molar-refractivity contribution >= 4 is 23.2 Å². The van der Waals surface area contributed by atoms with Gasteiger partial charge in [-0.3, -0.25) is 9.59 Å². The lowest BCUT2D eigenvalue weighted by Crippen LogP contribution is -2.38. The van der Waals surface area contributed by atoms with E-state index in [1.165, 1.54) is 6.20 Å². The Hall–Kier alpha value is -1.94. The second-order valence-corrected chi connectivity index (χ2v) is 6.05. The highest BCUT2D eigenvalue weighted by molar-refractivity contribution is 6.46. The van der Waals surface area contributed by atoms with Crippen molar-refractivity contribution in [2.24, 2.45) is 5.41 Å². The Balaban J connectivity index is 2.17. The van der Waals surface area contributed by atoms with Gasteiger partial charge in [0.1, 0.15) is 0 Å². The maximum atomic E-state index is 12.1. The molecule has 0 aliphatic heterocycles. The fourth-order valence-corrected chi connectivity index (χ4v) is 2.68. The lowest BCUT2D eigenvalue weighted by atomic mass is 9.75. The Morgan fingerprint density at radius 3 is 2.75 bits per heavy atom. The van der Waals surface area contributed by atoms with Gasteiger partial charge in [0.25, 0.3) is 0 Å². The maximum Gasteiger partial charge on any atom is 0.232 e. The van der Waals surface area contributed by atoms with Crippen molar-refractivity contribution in [1.82, 2.24) is 9.78 Å². The Kier molecular flexibility index (Phi) is 2.80. The Bertz CT molecular complexity index is 731. The highest BCUT2D eigenvalue weighted by Gasteiger charge is 2.42. The Morgan fingerprint density at radius 1 is 1.30 bits per heavy atom. The van der Waals surface area contributed by atoms with Crippen LogP contribution < -0.4 is 0 Å². The van der Waals surface area contributed by atoms with Gasteiger partial charge in [0, 0.05) is 16.9 Å². The van der Waals surface area contributed by atoms with Crippen molar-refractivity contribution in [3.8, 4) is 5.69 Å². The molecule has 0 bridgehead atoms. The van der Waals surface area contributed by atoms with E-state index in [0.717, 1.165) is 11.4 Å². The largest absolute Gasteiger partial charge is 0.290 e. The van der Waals surface area contributed by atoms with E-state index in [4.69, 9.17) is 11.6 Å². The van der Waals surface area contributed by atoms with Gasteiger partial charge in [-0.15, -0.1) is 0 Å². The summed E-state index contributed by atoms with van der Waals surface area (Å²) in [7, 11) is 0. The third-order valence-electron chi connectivity index (χ3n) is 3.60. The second-order valence-electron chi connectivity index (χ2n) is 5.62. The van der Waals surface area contributed by atoms with Gasteiger partial charge in [-0.25, -0.2) is 4.68 Å². The molecule has 0 unspecified atom stereocenters. The summed E-state index contributed by atoms with van der Waals surface area (Å²) in [4.78, 5) is 24.1. The summed E-state index contributed by atoms with van der Waals surface area (Å²) in [5, 5.41) is 4.85. The van der Waals surface area contributed by atoms with Crippen molar-refractivity contribution in [2.45, 2.75) is 20.3 Å². The van der Waals surface area contributed by atoms with Gasteiger partial charge < -0.3 is 0 Å². The molecule has 1 heterocycles. The molecule has 1 aromatic heterocycles. The van der Waals surface area contributed by atoms with Gasteiger partial charge in [0.2, 0.25) is 11.6 Å². The van der Waals surface area contributed by atoms with Crippen LogP contribution in [0.25, 0.3) is 5.69 Å². The molecular weight excluding hydrogens is 276 g/mol. The number of carbonyl (C=O) groups excluding carboxylic acids is 2. The number of hydrogen-bond acceptors (Lipinski definition) is 3. The predicted octanol–water partition coefficient (Wildman–Crippen LogP) is 2.86. The molecule has 0 spiro atoms. The summed E-state index contributed by atoms with van der Waals surface area (Å²) in [6.07, 6.45) is 1.95. The Labute approximate surface area is 121 Å². The number of fused-ring (bicyclic) bond motifs is 1. The minimum Gasteiger partial charge on any atom is -0.290 e. The highest BCUT2D eigenvalue weighted by atomic mass is 35.5. The van der Waals surface area contributed by atoms with Crippen LogP contribution in [-0.4, -0.2) is 21.3 Å². The van der Waals surface area contributed by atoms with Crippen molar-refractivity contribution in [3.63, 3.8) is 0 Å². The standard InChI is InChI=1S/C15H13ClN2O2/c1-15(2)7-12-11(13(19)14(15)20)8-17-18(12)10-5-3-4-9(16)6-10/h3-6,8H,7H2,1-2H3. The molecule has 0 amide bonds. The fourth-order valence-electron chi connectivity index (χ4n) is 2.49. The van der Waals surface area contributed by atoms with Crippen LogP contribution in [0, 0.1) is 5.41 Å². The minimum atomic E-state index is -0.694.